The van der Waals surface area contributed by atoms with Crippen LogP contribution in [0.3, 0.4) is 0 Å². The zero-order valence-electron chi connectivity index (χ0n) is 10.5. The third kappa shape index (κ3) is 3.04. The lowest BCUT2D eigenvalue weighted by molar-refractivity contribution is -0.489. The molecule has 0 unspecified atom stereocenters. The van der Waals surface area contributed by atoms with Crippen LogP contribution in [0.2, 0.25) is 0 Å². The van der Waals surface area contributed by atoms with E-state index in [4.69, 9.17) is 5.26 Å². The number of rotatable bonds is 4. The van der Waals surface area contributed by atoms with Gasteiger partial charge in [-0.1, -0.05) is 6.07 Å². The normalized spacial score (nSPS) is 11.1. The predicted octanol–water partition coefficient (Wildman–Crippen LogP) is 2.18. The van der Waals surface area contributed by atoms with Gasteiger partial charge in [-0.15, -0.1) is 0 Å². The molecular weight excluding hydrogens is 238 g/mol. The molecule has 0 aliphatic heterocycles. The Bertz CT molecular complexity index is 481. The van der Waals surface area contributed by atoms with Crippen molar-refractivity contribution in [1.29, 1.82) is 0 Å². The third-order valence-corrected chi connectivity index (χ3v) is 2.81. The van der Waals surface area contributed by atoms with E-state index in [0.717, 1.165) is 5.56 Å². The maximum atomic E-state index is 11.2. The molecule has 6 nitrogen and oxygen atoms in total. The highest BCUT2D eigenvalue weighted by Crippen LogP contribution is 2.27. The van der Waals surface area contributed by atoms with Crippen LogP contribution in [0.4, 0.5) is 0 Å². The summed E-state index contributed by atoms with van der Waals surface area (Å²) in [4.78, 5) is 25.1. The molecule has 1 aromatic carbocycles. The number of aryl methyl sites for hydroxylation is 1. The van der Waals surface area contributed by atoms with Gasteiger partial charge in [-0.2, -0.15) is 5.26 Å². The van der Waals surface area contributed by atoms with Crippen molar-refractivity contribution in [2.45, 2.75) is 26.2 Å². The zero-order chi connectivity index (χ0) is 13.9. The second-order valence-corrected chi connectivity index (χ2v) is 4.78. The Labute approximate surface area is 104 Å². The Morgan fingerprint density at radius 2 is 2.11 bits per heavy atom. The van der Waals surface area contributed by atoms with E-state index in [1.54, 1.807) is 19.9 Å². The van der Waals surface area contributed by atoms with E-state index in [-0.39, 0.29) is 12.1 Å². The van der Waals surface area contributed by atoms with Crippen LogP contribution < -0.4 is 0 Å². The molecule has 0 fully saturated rings. The minimum atomic E-state index is -0.881. The van der Waals surface area contributed by atoms with Gasteiger partial charge in [0.15, 0.2) is 0 Å². The highest BCUT2D eigenvalue weighted by molar-refractivity contribution is 5.89. The van der Waals surface area contributed by atoms with Gasteiger partial charge in [-0.25, -0.2) is 4.79 Å². The van der Waals surface area contributed by atoms with Crippen molar-refractivity contribution < 1.29 is 19.9 Å². The summed E-state index contributed by atoms with van der Waals surface area (Å²) in [5, 5.41) is 19.0. The monoisotopic (exact) mass is 253 g/mol. The van der Waals surface area contributed by atoms with Crippen LogP contribution in [-0.2, 0) is 10.3 Å². The molecule has 0 aliphatic rings. The average molecular weight is 253 g/mol. The van der Waals surface area contributed by atoms with Crippen LogP contribution >= 0.6 is 0 Å². The SMILES string of the molecule is Cc1ccc(C(=O)OO)cc1C(C)(C)C[N+](=O)[O-]. The van der Waals surface area contributed by atoms with E-state index in [9.17, 15) is 14.9 Å². The number of hydrogen-bond acceptors (Lipinski definition) is 5. The number of carbonyl (C=O) groups is 1. The van der Waals surface area contributed by atoms with Gasteiger partial charge in [0.1, 0.15) is 0 Å². The molecule has 0 radical (unpaired) electrons. The van der Waals surface area contributed by atoms with Crippen molar-refractivity contribution in [3.8, 4) is 0 Å². The van der Waals surface area contributed by atoms with Crippen molar-refractivity contribution >= 4 is 5.97 Å². The Morgan fingerprint density at radius 3 is 2.61 bits per heavy atom. The summed E-state index contributed by atoms with van der Waals surface area (Å²) in [6.45, 7) is 5.02. The molecule has 0 aromatic heterocycles. The standard InChI is InChI=1S/C12H15NO5/c1-8-4-5-9(11(14)18-17)6-10(8)12(2,3)7-13(15)16/h4-6,17H,7H2,1-3H3. The fraction of sp³-hybridized carbons (Fsp3) is 0.417. The molecule has 0 atom stereocenters. The molecule has 0 spiro atoms. The first kappa shape index (κ1) is 14.1. The van der Waals surface area contributed by atoms with Gasteiger partial charge in [0.25, 0.3) is 0 Å². The number of benzene rings is 1. The largest absolute Gasteiger partial charge is 0.372 e. The molecule has 1 N–H and O–H groups in total. The Balaban J connectivity index is 3.22. The topological polar surface area (TPSA) is 89.7 Å². The quantitative estimate of drug-likeness (QED) is 0.504. The van der Waals surface area contributed by atoms with E-state index in [2.05, 4.69) is 4.89 Å². The van der Waals surface area contributed by atoms with Gasteiger partial charge in [0.05, 0.1) is 11.0 Å². The molecule has 98 valence electrons. The molecule has 1 rings (SSSR count). The zero-order valence-corrected chi connectivity index (χ0v) is 10.5. The number of carbonyl (C=O) groups excluding carboxylic acids is 1. The Hall–Kier alpha value is -1.95. The lowest BCUT2D eigenvalue weighted by Crippen LogP contribution is -2.28. The van der Waals surface area contributed by atoms with Crippen molar-refractivity contribution in [2.24, 2.45) is 0 Å². The lowest BCUT2D eigenvalue weighted by Gasteiger charge is -2.23. The molecule has 0 aliphatic carbocycles. The van der Waals surface area contributed by atoms with Crippen molar-refractivity contribution in [3.05, 3.63) is 45.0 Å². The van der Waals surface area contributed by atoms with Gasteiger partial charge in [-0.3, -0.25) is 15.0 Å². The van der Waals surface area contributed by atoms with Crippen molar-refractivity contribution in [3.63, 3.8) is 0 Å². The van der Waals surface area contributed by atoms with E-state index in [0.29, 0.717) is 5.56 Å². The fourth-order valence-corrected chi connectivity index (χ4v) is 1.94. The highest BCUT2D eigenvalue weighted by Gasteiger charge is 2.29. The molecule has 0 amide bonds. The van der Waals surface area contributed by atoms with Crippen molar-refractivity contribution in [1.82, 2.24) is 0 Å². The first-order valence-corrected chi connectivity index (χ1v) is 5.36. The molecule has 1 aromatic rings. The maximum Gasteiger partial charge on any atom is 0.372 e. The summed E-state index contributed by atoms with van der Waals surface area (Å²) in [5.41, 5.74) is 0.979. The van der Waals surface area contributed by atoms with Crippen LogP contribution in [0.25, 0.3) is 0 Å². The smallest absolute Gasteiger partial charge is 0.296 e. The van der Waals surface area contributed by atoms with Crippen LogP contribution in [0.1, 0.15) is 35.3 Å². The fourth-order valence-electron chi connectivity index (χ4n) is 1.94. The molecule has 6 heteroatoms. The van der Waals surface area contributed by atoms with Gasteiger partial charge in [0.2, 0.25) is 6.54 Å². The van der Waals surface area contributed by atoms with Crippen LogP contribution in [0.15, 0.2) is 18.2 Å². The summed E-state index contributed by atoms with van der Waals surface area (Å²) in [6.07, 6.45) is 0. The summed E-state index contributed by atoms with van der Waals surface area (Å²) >= 11 is 0. The van der Waals surface area contributed by atoms with Gasteiger partial charge < -0.3 is 0 Å². The molecule has 18 heavy (non-hydrogen) atoms. The predicted molar refractivity (Wildman–Crippen MR) is 64.1 cm³/mol. The third-order valence-electron chi connectivity index (χ3n) is 2.81. The first-order valence-electron chi connectivity index (χ1n) is 5.36. The minimum absolute atomic E-state index is 0.162. The molecular formula is C12H15NO5. The summed E-state index contributed by atoms with van der Waals surface area (Å²) < 4.78 is 0. The van der Waals surface area contributed by atoms with Crippen LogP contribution in [0, 0.1) is 17.0 Å². The van der Waals surface area contributed by atoms with Gasteiger partial charge >= 0.3 is 5.97 Å². The van der Waals surface area contributed by atoms with Crippen LogP contribution in [-0.4, -0.2) is 22.7 Å². The van der Waals surface area contributed by atoms with E-state index in [1.807, 2.05) is 6.92 Å². The number of hydrogen-bond donors (Lipinski definition) is 1. The Kier molecular flexibility index (Phi) is 4.03. The van der Waals surface area contributed by atoms with Crippen LogP contribution in [0.5, 0.6) is 0 Å². The average Bonchev–Trinajstić information content (AvgIpc) is 2.26. The highest BCUT2D eigenvalue weighted by atomic mass is 17.1. The Morgan fingerprint density at radius 1 is 1.50 bits per heavy atom. The number of nitrogens with zero attached hydrogens (tertiary/aromatic N) is 1. The molecule has 0 bridgehead atoms. The van der Waals surface area contributed by atoms with E-state index in [1.165, 1.54) is 12.1 Å². The molecule has 0 heterocycles. The second-order valence-electron chi connectivity index (χ2n) is 4.78. The van der Waals surface area contributed by atoms with E-state index >= 15 is 0 Å². The summed E-state index contributed by atoms with van der Waals surface area (Å²) in [5.74, 6) is -0.881. The molecule has 0 saturated heterocycles. The second kappa shape index (κ2) is 5.14. The minimum Gasteiger partial charge on any atom is -0.296 e. The maximum absolute atomic E-state index is 11.2. The first-order chi connectivity index (χ1) is 8.27. The molecule has 0 saturated carbocycles. The summed E-state index contributed by atoms with van der Waals surface area (Å²) in [7, 11) is 0. The summed E-state index contributed by atoms with van der Waals surface area (Å²) in [6, 6.07) is 4.68. The van der Waals surface area contributed by atoms with E-state index < -0.39 is 16.3 Å². The lowest BCUT2D eigenvalue weighted by atomic mass is 9.81. The van der Waals surface area contributed by atoms with Gasteiger partial charge in [0, 0.05) is 4.92 Å². The van der Waals surface area contributed by atoms with Gasteiger partial charge in [-0.05, 0) is 44.0 Å². The van der Waals surface area contributed by atoms with Crippen molar-refractivity contribution in [2.75, 3.05) is 6.54 Å². The number of nitro groups is 1.